The van der Waals surface area contributed by atoms with Gasteiger partial charge in [0.05, 0.1) is 17.6 Å². The number of aryl methyl sites for hydroxylation is 1. The zero-order valence-corrected chi connectivity index (χ0v) is 12.0. The van der Waals surface area contributed by atoms with Crippen LogP contribution in [-0.4, -0.2) is 4.98 Å². The van der Waals surface area contributed by atoms with E-state index >= 15 is 0 Å². The van der Waals surface area contributed by atoms with Gasteiger partial charge in [0.2, 0.25) is 0 Å². The highest BCUT2D eigenvalue weighted by atomic mass is 79.9. The van der Waals surface area contributed by atoms with E-state index in [1.165, 1.54) is 0 Å². The minimum absolute atomic E-state index is 0.149. The lowest BCUT2D eigenvalue weighted by Crippen LogP contribution is -2.09. The molecule has 1 heterocycles. The van der Waals surface area contributed by atoms with Gasteiger partial charge in [-0.15, -0.1) is 0 Å². The number of anilines is 3. The SMILES string of the molecule is Cc1cc(Br)cc(Nc2cc(C(F)(F)F)ncc2N)c1. The van der Waals surface area contributed by atoms with Gasteiger partial charge in [0.1, 0.15) is 5.69 Å². The monoisotopic (exact) mass is 345 g/mol. The van der Waals surface area contributed by atoms with Crippen LogP contribution < -0.4 is 11.1 Å². The Bertz CT molecular complexity index is 621. The van der Waals surface area contributed by atoms with Gasteiger partial charge in [-0.2, -0.15) is 13.2 Å². The van der Waals surface area contributed by atoms with E-state index in [1.54, 1.807) is 12.1 Å². The molecule has 7 heteroatoms. The Balaban J connectivity index is 2.37. The number of nitrogens with one attached hydrogen (secondary N) is 1. The van der Waals surface area contributed by atoms with Gasteiger partial charge in [-0.25, -0.2) is 4.98 Å². The average molecular weight is 346 g/mol. The van der Waals surface area contributed by atoms with Crippen molar-refractivity contribution in [1.29, 1.82) is 0 Å². The first-order valence-corrected chi connectivity index (χ1v) is 6.42. The van der Waals surface area contributed by atoms with E-state index in [9.17, 15) is 13.2 Å². The van der Waals surface area contributed by atoms with E-state index in [4.69, 9.17) is 5.73 Å². The van der Waals surface area contributed by atoms with Crippen LogP contribution in [0.1, 0.15) is 11.3 Å². The molecule has 1 aromatic carbocycles. The summed E-state index contributed by atoms with van der Waals surface area (Å²) in [5.74, 6) is 0. The molecule has 0 unspecified atom stereocenters. The Hall–Kier alpha value is -1.76. The van der Waals surface area contributed by atoms with E-state index in [1.807, 2.05) is 13.0 Å². The Morgan fingerprint density at radius 3 is 2.50 bits per heavy atom. The number of benzene rings is 1. The molecule has 3 N–H and O–H groups in total. The molecule has 0 aliphatic carbocycles. The van der Waals surface area contributed by atoms with Crippen LogP contribution in [0, 0.1) is 6.92 Å². The quantitative estimate of drug-likeness (QED) is 0.842. The molecule has 0 atom stereocenters. The standard InChI is InChI=1S/C13H11BrF3N3/c1-7-2-8(14)4-9(3-7)20-11-5-12(13(15,16)17)19-6-10(11)18/h2-6H,18H2,1H3,(H,19,20). The molecular weight excluding hydrogens is 335 g/mol. The summed E-state index contributed by atoms with van der Waals surface area (Å²) in [6.07, 6.45) is -3.51. The maximum Gasteiger partial charge on any atom is 0.433 e. The van der Waals surface area contributed by atoms with E-state index in [2.05, 4.69) is 26.2 Å². The van der Waals surface area contributed by atoms with Crippen molar-refractivity contribution in [2.24, 2.45) is 0 Å². The molecule has 0 bridgehead atoms. The van der Waals surface area contributed by atoms with E-state index < -0.39 is 11.9 Å². The second-order valence-corrected chi connectivity index (χ2v) is 5.21. The molecule has 0 amide bonds. The van der Waals surface area contributed by atoms with Crippen LogP contribution in [-0.2, 0) is 6.18 Å². The number of aromatic nitrogens is 1. The Labute approximate surface area is 122 Å². The van der Waals surface area contributed by atoms with Crippen molar-refractivity contribution in [3.63, 3.8) is 0 Å². The number of nitrogen functional groups attached to an aromatic ring is 1. The summed E-state index contributed by atoms with van der Waals surface area (Å²) in [5, 5.41) is 2.87. The number of alkyl halides is 3. The molecule has 20 heavy (non-hydrogen) atoms. The topological polar surface area (TPSA) is 50.9 Å². The van der Waals surface area contributed by atoms with Crippen LogP contribution in [0.2, 0.25) is 0 Å². The summed E-state index contributed by atoms with van der Waals surface area (Å²) in [5.41, 5.74) is 6.59. The highest BCUT2D eigenvalue weighted by molar-refractivity contribution is 9.10. The molecular formula is C13H11BrF3N3. The largest absolute Gasteiger partial charge is 0.433 e. The fraction of sp³-hybridized carbons (Fsp3) is 0.154. The van der Waals surface area contributed by atoms with Gasteiger partial charge in [-0.3, -0.25) is 0 Å². The third kappa shape index (κ3) is 3.41. The Kier molecular flexibility index (Phi) is 3.89. The summed E-state index contributed by atoms with van der Waals surface area (Å²) in [6, 6.07) is 6.34. The van der Waals surface area contributed by atoms with Gasteiger partial charge in [0, 0.05) is 10.2 Å². The Morgan fingerprint density at radius 2 is 1.90 bits per heavy atom. The minimum atomic E-state index is -4.50. The molecule has 0 fully saturated rings. The van der Waals surface area contributed by atoms with Crippen LogP contribution in [0.3, 0.4) is 0 Å². The molecule has 0 spiro atoms. The predicted octanol–water partition coefficient (Wildman–Crippen LogP) is 4.50. The van der Waals surface area contributed by atoms with Crippen LogP contribution in [0.4, 0.5) is 30.2 Å². The van der Waals surface area contributed by atoms with E-state index in [0.717, 1.165) is 22.3 Å². The van der Waals surface area contributed by atoms with E-state index in [-0.39, 0.29) is 11.4 Å². The lowest BCUT2D eigenvalue weighted by molar-refractivity contribution is -0.141. The summed E-state index contributed by atoms with van der Waals surface area (Å²) in [4.78, 5) is 3.29. The van der Waals surface area contributed by atoms with Crippen molar-refractivity contribution in [2.75, 3.05) is 11.1 Å². The maximum atomic E-state index is 12.6. The van der Waals surface area contributed by atoms with Crippen LogP contribution in [0.5, 0.6) is 0 Å². The minimum Gasteiger partial charge on any atom is -0.396 e. The number of halogens is 4. The molecule has 0 saturated heterocycles. The molecule has 0 aliphatic heterocycles. The summed E-state index contributed by atoms with van der Waals surface area (Å²) >= 11 is 3.33. The summed E-state index contributed by atoms with van der Waals surface area (Å²) in [7, 11) is 0. The highest BCUT2D eigenvalue weighted by Crippen LogP contribution is 2.32. The number of hydrogen-bond donors (Lipinski definition) is 2. The Morgan fingerprint density at radius 1 is 1.20 bits per heavy atom. The number of hydrogen-bond acceptors (Lipinski definition) is 3. The van der Waals surface area contributed by atoms with Gasteiger partial charge in [-0.1, -0.05) is 15.9 Å². The second kappa shape index (κ2) is 5.32. The normalized spacial score (nSPS) is 11.4. The molecule has 106 valence electrons. The fourth-order valence-corrected chi connectivity index (χ4v) is 2.30. The van der Waals surface area contributed by atoms with Crippen molar-refractivity contribution in [2.45, 2.75) is 13.1 Å². The predicted molar refractivity (Wildman–Crippen MR) is 75.8 cm³/mol. The van der Waals surface area contributed by atoms with Gasteiger partial charge in [-0.05, 0) is 36.8 Å². The van der Waals surface area contributed by atoms with Gasteiger partial charge < -0.3 is 11.1 Å². The lowest BCUT2D eigenvalue weighted by Gasteiger charge is -2.13. The summed E-state index contributed by atoms with van der Waals surface area (Å²) in [6.45, 7) is 1.88. The highest BCUT2D eigenvalue weighted by Gasteiger charge is 2.32. The maximum absolute atomic E-state index is 12.6. The second-order valence-electron chi connectivity index (χ2n) is 4.30. The van der Waals surface area contributed by atoms with Gasteiger partial charge in [0.25, 0.3) is 0 Å². The van der Waals surface area contributed by atoms with Crippen LogP contribution >= 0.6 is 15.9 Å². The summed E-state index contributed by atoms with van der Waals surface area (Å²) < 4.78 is 38.7. The third-order valence-corrected chi connectivity index (χ3v) is 3.00. The first-order valence-electron chi connectivity index (χ1n) is 5.62. The van der Waals surface area contributed by atoms with Crippen molar-refractivity contribution >= 4 is 33.0 Å². The molecule has 0 saturated carbocycles. The fourth-order valence-electron chi connectivity index (χ4n) is 1.69. The zero-order valence-electron chi connectivity index (χ0n) is 10.4. The molecule has 1 aromatic heterocycles. The number of nitrogens with zero attached hydrogens (tertiary/aromatic N) is 1. The molecule has 0 aliphatic rings. The van der Waals surface area contributed by atoms with Crippen molar-refractivity contribution in [3.8, 4) is 0 Å². The van der Waals surface area contributed by atoms with E-state index in [0.29, 0.717) is 5.69 Å². The van der Waals surface area contributed by atoms with Gasteiger partial charge in [0.15, 0.2) is 0 Å². The van der Waals surface area contributed by atoms with Crippen LogP contribution in [0.15, 0.2) is 34.9 Å². The smallest absolute Gasteiger partial charge is 0.396 e. The number of nitrogens with two attached hydrogens (primary N) is 1. The molecule has 2 rings (SSSR count). The zero-order chi connectivity index (χ0) is 14.9. The van der Waals surface area contributed by atoms with Gasteiger partial charge >= 0.3 is 6.18 Å². The first kappa shape index (κ1) is 14.6. The lowest BCUT2D eigenvalue weighted by atomic mass is 10.2. The molecule has 2 aromatic rings. The van der Waals surface area contributed by atoms with Crippen molar-refractivity contribution < 1.29 is 13.2 Å². The average Bonchev–Trinajstić information content (AvgIpc) is 2.29. The van der Waals surface area contributed by atoms with Crippen molar-refractivity contribution in [3.05, 3.63) is 46.2 Å². The number of rotatable bonds is 2. The van der Waals surface area contributed by atoms with Crippen molar-refractivity contribution in [1.82, 2.24) is 4.98 Å². The molecule has 0 radical (unpaired) electrons. The molecule has 3 nitrogen and oxygen atoms in total. The first-order chi connectivity index (χ1) is 9.25. The third-order valence-electron chi connectivity index (χ3n) is 2.55. The van der Waals surface area contributed by atoms with Crippen LogP contribution in [0.25, 0.3) is 0 Å². The number of pyridine rings is 1.